The van der Waals surface area contributed by atoms with Crippen molar-refractivity contribution in [2.75, 3.05) is 0 Å². The zero-order valence-corrected chi connectivity index (χ0v) is 8.95. The number of carbonyl (C=O) groups is 1. The van der Waals surface area contributed by atoms with Gasteiger partial charge in [-0.25, -0.2) is 0 Å². The van der Waals surface area contributed by atoms with Gasteiger partial charge >= 0.3 is 0 Å². The van der Waals surface area contributed by atoms with E-state index < -0.39 is 0 Å². The second-order valence-corrected chi connectivity index (χ2v) is 4.37. The largest absolute Gasteiger partial charge is 0.292 e. The van der Waals surface area contributed by atoms with Crippen LogP contribution in [0.15, 0.2) is 6.07 Å². The van der Waals surface area contributed by atoms with E-state index in [1.165, 1.54) is 18.5 Å². The molecule has 2 rings (SSSR count). The fraction of sp³-hybridized carbons (Fsp3) is 0.636. The van der Waals surface area contributed by atoms with Crippen LogP contribution < -0.4 is 0 Å². The van der Waals surface area contributed by atoms with Crippen molar-refractivity contribution < 1.29 is 4.79 Å². The van der Waals surface area contributed by atoms with Crippen LogP contribution in [0.3, 0.4) is 0 Å². The maximum atomic E-state index is 11.7. The number of aryl methyl sites for hydroxylation is 1. The van der Waals surface area contributed by atoms with Gasteiger partial charge in [-0.2, -0.15) is 5.10 Å². The third-order valence-corrected chi connectivity index (χ3v) is 2.69. The van der Waals surface area contributed by atoms with E-state index in [-0.39, 0.29) is 11.7 Å². The molecule has 3 nitrogen and oxygen atoms in total. The van der Waals surface area contributed by atoms with Crippen molar-refractivity contribution in [1.29, 1.82) is 0 Å². The molecule has 76 valence electrons. The smallest absolute Gasteiger partial charge is 0.185 e. The predicted octanol–water partition coefficient (Wildman–Crippen LogP) is 2.14. The Balaban J connectivity index is 2.27. The summed E-state index contributed by atoms with van der Waals surface area (Å²) in [6.45, 7) is 3.82. The van der Waals surface area contributed by atoms with Crippen molar-refractivity contribution in [3.8, 4) is 0 Å². The molecule has 1 fully saturated rings. The Labute approximate surface area is 84.1 Å². The van der Waals surface area contributed by atoms with Gasteiger partial charge in [0.25, 0.3) is 0 Å². The molecule has 0 spiro atoms. The number of rotatable bonds is 3. The number of nitrogens with zero attached hydrogens (tertiary/aromatic N) is 2. The summed E-state index contributed by atoms with van der Waals surface area (Å²) in [7, 11) is 1.92. The zero-order valence-electron chi connectivity index (χ0n) is 8.95. The predicted molar refractivity (Wildman–Crippen MR) is 54.4 cm³/mol. The first-order chi connectivity index (χ1) is 6.59. The highest BCUT2D eigenvalue weighted by atomic mass is 16.1. The molecular formula is C11H16N2O. The number of ketones is 1. The molecule has 1 aliphatic carbocycles. The van der Waals surface area contributed by atoms with E-state index in [1.54, 1.807) is 0 Å². The van der Waals surface area contributed by atoms with Gasteiger partial charge in [-0.1, -0.05) is 13.8 Å². The number of Topliss-reactive ketones (excluding diaryl/α,β-unsaturated/α-hetero) is 1. The summed E-state index contributed by atoms with van der Waals surface area (Å²) in [5.41, 5.74) is 1.85. The minimum Gasteiger partial charge on any atom is -0.292 e. The maximum absolute atomic E-state index is 11.7. The van der Waals surface area contributed by atoms with Crippen molar-refractivity contribution in [3.63, 3.8) is 0 Å². The van der Waals surface area contributed by atoms with E-state index in [2.05, 4.69) is 5.10 Å². The monoisotopic (exact) mass is 192 g/mol. The molecule has 0 N–H and O–H groups in total. The van der Waals surface area contributed by atoms with E-state index in [0.29, 0.717) is 11.6 Å². The lowest BCUT2D eigenvalue weighted by Crippen LogP contribution is -2.08. The van der Waals surface area contributed by atoms with Crippen molar-refractivity contribution >= 4 is 5.78 Å². The molecule has 1 aromatic rings. The average Bonchev–Trinajstić information content (AvgIpc) is 2.89. The van der Waals surface area contributed by atoms with Crippen LogP contribution in [0.25, 0.3) is 0 Å². The molecule has 0 radical (unpaired) electrons. The molecule has 1 aliphatic rings. The summed E-state index contributed by atoms with van der Waals surface area (Å²) < 4.78 is 1.85. The normalized spacial score (nSPS) is 16.3. The van der Waals surface area contributed by atoms with Crippen LogP contribution >= 0.6 is 0 Å². The zero-order chi connectivity index (χ0) is 10.3. The van der Waals surface area contributed by atoms with Gasteiger partial charge in [0.15, 0.2) is 5.78 Å². The van der Waals surface area contributed by atoms with E-state index in [9.17, 15) is 4.79 Å². The third-order valence-electron chi connectivity index (χ3n) is 2.69. The molecule has 1 aromatic heterocycles. The van der Waals surface area contributed by atoms with Gasteiger partial charge in [0.1, 0.15) is 5.69 Å². The van der Waals surface area contributed by atoms with Crippen molar-refractivity contribution in [2.45, 2.75) is 32.6 Å². The van der Waals surface area contributed by atoms with E-state index in [1.807, 2.05) is 31.6 Å². The van der Waals surface area contributed by atoms with Crippen LogP contribution in [0, 0.1) is 5.92 Å². The summed E-state index contributed by atoms with van der Waals surface area (Å²) >= 11 is 0. The van der Waals surface area contributed by atoms with Gasteiger partial charge in [0, 0.05) is 24.6 Å². The van der Waals surface area contributed by atoms with Crippen molar-refractivity contribution in [1.82, 2.24) is 9.78 Å². The first kappa shape index (κ1) is 9.44. The molecular weight excluding hydrogens is 176 g/mol. The third kappa shape index (κ3) is 1.59. The summed E-state index contributed by atoms with van der Waals surface area (Å²) in [5, 5.41) is 4.26. The van der Waals surface area contributed by atoms with Gasteiger partial charge in [-0.3, -0.25) is 9.48 Å². The van der Waals surface area contributed by atoms with Gasteiger partial charge in [-0.05, 0) is 18.9 Å². The molecule has 0 unspecified atom stereocenters. The first-order valence-corrected chi connectivity index (χ1v) is 5.17. The summed E-state index contributed by atoms with van der Waals surface area (Å²) in [6.07, 6.45) is 2.49. The Hall–Kier alpha value is -1.12. The lowest BCUT2D eigenvalue weighted by Gasteiger charge is -1.97. The molecule has 1 heterocycles. The van der Waals surface area contributed by atoms with Crippen LogP contribution in [-0.2, 0) is 7.05 Å². The van der Waals surface area contributed by atoms with Gasteiger partial charge < -0.3 is 0 Å². The molecule has 0 bridgehead atoms. The Bertz CT molecular complexity index is 361. The SMILES string of the molecule is CC(C)C(=O)c1cc(C2CC2)n(C)n1. The minimum atomic E-state index is 0.0388. The van der Waals surface area contributed by atoms with Crippen LogP contribution in [-0.4, -0.2) is 15.6 Å². The van der Waals surface area contributed by atoms with Crippen molar-refractivity contribution in [3.05, 3.63) is 17.5 Å². The number of hydrogen-bond acceptors (Lipinski definition) is 2. The standard InChI is InChI=1S/C11H16N2O/c1-7(2)11(14)9-6-10(8-4-5-8)13(3)12-9/h6-8H,4-5H2,1-3H3. The molecule has 0 atom stereocenters. The summed E-state index contributed by atoms with van der Waals surface area (Å²) in [5.74, 6) is 0.839. The fourth-order valence-corrected chi connectivity index (χ4v) is 1.66. The Kier molecular flexibility index (Phi) is 2.17. The van der Waals surface area contributed by atoms with E-state index in [0.717, 1.165) is 0 Å². The number of hydrogen-bond donors (Lipinski definition) is 0. The second-order valence-electron chi connectivity index (χ2n) is 4.37. The molecule has 14 heavy (non-hydrogen) atoms. The number of aromatic nitrogens is 2. The Morgan fingerprint density at radius 1 is 1.57 bits per heavy atom. The van der Waals surface area contributed by atoms with Crippen LogP contribution in [0.1, 0.15) is 48.8 Å². The van der Waals surface area contributed by atoms with Crippen LogP contribution in [0.5, 0.6) is 0 Å². The van der Waals surface area contributed by atoms with Crippen LogP contribution in [0.2, 0.25) is 0 Å². The highest BCUT2D eigenvalue weighted by Crippen LogP contribution is 2.40. The second kappa shape index (κ2) is 3.23. The lowest BCUT2D eigenvalue weighted by atomic mass is 10.1. The minimum absolute atomic E-state index is 0.0388. The quantitative estimate of drug-likeness (QED) is 0.688. The average molecular weight is 192 g/mol. The van der Waals surface area contributed by atoms with E-state index >= 15 is 0 Å². The Morgan fingerprint density at radius 2 is 2.21 bits per heavy atom. The number of carbonyl (C=O) groups excluding carboxylic acids is 1. The molecule has 0 aliphatic heterocycles. The topological polar surface area (TPSA) is 34.9 Å². The van der Waals surface area contributed by atoms with Gasteiger partial charge in [0.05, 0.1) is 0 Å². The molecule has 0 amide bonds. The molecule has 0 saturated heterocycles. The lowest BCUT2D eigenvalue weighted by molar-refractivity contribution is 0.0933. The molecule has 1 saturated carbocycles. The van der Waals surface area contributed by atoms with Crippen molar-refractivity contribution in [2.24, 2.45) is 13.0 Å². The van der Waals surface area contributed by atoms with E-state index in [4.69, 9.17) is 0 Å². The Morgan fingerprint density at radius 3 is 2.71 bits per heavy atom. The molecule has 0 aromatic carbocycles. The molecule has 3 heteroatoms. The van der Waals surface area contributed by atoms with Gasteiger partial charge in [0.2, 0.25) is 0 Å². The summed E-state index contributed by atoms with van der Waals surface area (Å²) in [6, 6.07) is 1.96. The highest BCUT2D eigenvalue weighted by molar-refractivity contribution is 5.95. The summed E-state index contributed by atoms with van der Waals surface area (Å²) in [4.78, 5) is 11.7. The van der Waals surface area contributed by atoms with Gasteiger partial charge in [-0.15, -0.1) is 0 Å². The van der Waals surface area contributed by atoms with Crippen LogP contribution in [0.4, 0.5) is 0 Å². The maximum Gasteiger partial charge on any atom is 0.185 e. The fourth-order valence-electron chi connectivity index (χ4n) is 1.66. The first-order valence-electron chi connectivity index (χ1n) is 5.17. The highest BCUT2D eigenvalue weighted by Gasteiger charge is 2.28.